The van der Waals surface area contributed by atoms with Gasteiger partial charge in [0.15, 0.2) is 5.65 Å². The number of imidazole rings is 1. The molecule has 0 atom stereocenters. The van der Waals surface area contributed by atoms with E-state index in [0.29, 0.717) is 31.6 Å². The van der Waals surface area contributed by atoms with Crippen LogP contribution in [0.3, 0.4) is 0 Å². The molecular formula is C20H20N6O3. The van der Waals surface area contributed by atoms with E-state index in [1.807, 2.05) is 24.3 Å². The highest BCUT2D eigenvalue weighted by Gasteiger charge is 2.26. The molecule has 5 rings (SSSR count). The van der Waals surface area contributed by atoms with Gasteiger partial charge in [0.25, 0.3) is 0 Å². The third kappa shape index (κ3) is 2.95. The summed E-state index contributed by atoms with van der Waals surface area (Å²) in [5, 5.41) is 4.22. The number of carbonyl (C=O) groups is 1. The van der Waals surface area contributed by atoms with E-state index < -0.39 is 0 Å². The van der Waals surface area contributed by atoms with Crippen molar-refractivity contribution in [1.29, 1.82) is 0 Å². The Hall–Kier alpha value is -3.62. The van der Waals surface area contributed by atoms with E-state index in [4.69, 9.17) is 0 Å². The van der Waals surface area contributed by atoms with Crippen molar-refractivity contribution in [2.45, 2.75) is 25.4 Å². The molecule has 1 saturated heterocycles. The van der Waals surface area contributed by atoms with Gasteiger partial charge >= 0.3 is 11.4 Å². The third-order valence-electron chi connectivity index (χ3n) is 5.58. The Bertz CT molecular complexity index is 1320. The maximum atomic E-state index is 12.7. The molecule has 1 aliphatic heterocycles. The predicted molar refractivity (Wildman–Crippen MR) is 107 cm³/mol. The zero-order chi connectivity index (χ0) is 20.0. The van der Waals surface area contributed by atoms with Crippen LogP contribution in [0.2, 0.25) is 0 Å². The van der Waals surface area contributed by atoms with Gasteiger partial charge < -0.3 is 9.88 Å². The molecule has 0 bridgehead atoms. The van der Waals surface area contributed by atoms with Gasteiger partial charge in [-0.05, 0) is 37.1 Å². The molecule has 29 heavy (non-hydrogen) atoms. The summed E-state index contributed by atoms with van der Waals surface area (Å²) < 4.78 is 4.42. The highest BCUT2D eigenvalue weighted by Crippen LogP contribution is 2.24. The maximum Gasteiger partial charge on any atom is 0.350 e. The molecule has 1 N–H and O–H groups in total. The molecule has 0 aliphatic carbocycles. The van der Waals surface area contributed by atoms with Crippen molar-refractivity contribution < 1.29 is 4.79 Å². The number of nitrogens with zero attached hydrogens (tertiary/aromatic N) is 5. The first-order valence-corrected chi connectivity index (χ1v) is 9.63. The van der Waals surface area contributed by atoms with Crippen molar-refractivity contribution >= 4 is 22.6 Å². The Kier molecular flexibility index (Phi) is 4.08. The highest BCUT2D eigenvalue weighted by atomic mass is 16.2. The summed E-state index contributed by atoms with van der Waals surface area (Å²) in [6.07, 6.45) is 3.01. The molecule has 4 heterocycles. The maximum absolute atomic E-state index is 12.7. The van der Waals surface area contributed by atoms with Crippen molar-refractivity contribution in [2.24, 2.45) is 0 Å². The number of carbonyl (C=O) groups excluding carboxylic acids is 1. The number of piperidine rings is 1. The molecule has 1 fully saturated rings. The molecule has 0 radical (unpaired) electrons. The molecule has 0 saturated carbocycles. The molecule has 1 aromatic carbocycles. The lowest BCUT2D eigenvalue weighted by Gasteiger charge is -2.32. The van der Waals surface area contributed by atoms with Gasteiger partial charge in [0.1, 0.15) is 6.54 Å². The van der Waals surface area contributed by atoms with Crippen LogP contribution in [0.15, 0.2) is 58.3 Å². The smallest absolute Gasteiger partial charge is 0.341 e. The first-order valence-electron chi connectivity index (χ1n) is 9.63. The normalized spacial score (nSPS) is 15.4. The van der Waals surface area contributed by atoms with E-state index >= 15 is 0 Å². The third-order valence-corrected chi connectivity index (χ3v) is 5.58. The lowest BCUT2D eigenvalue weighted by molar-refractivity contribution is -0.133. The van der Waals surface area contributed by atoms with Gasteiger partial charge in [0.2, 0.25) is 5.91 Å². The molecule has 4 aromatic rings. The zero-order valence-corrected chi connectivity index (χ0v) is 15.7. The van der Waals surface area contributed by atoms with Crippen LogP contribution in [0.25, 0.3) is 16.7 Å². The van der Waals surface area contributed by atoms with Gasteiger partial charge in [-0.25, -0.2) is 14.3 Å². The quantitative estimate of drug-likeness (QED) is 0.563. The molecule has 3 aromatic heterocycles. The number of nitrogens with one attached hydrogen (secondary N) is 1. The summed E-state index contributed by atoms with van der Waals surface area (Å²) in [7, 11) is 0. The van der Waals surface area contributed by atoms with Crippen LogP contribution in [-0.2, 0) is 11.3 Å². The number of benzene rings is 1. The summed E-state index contributed by atoms with van der Waals surface area (Å²) in [4.78, 5) is 42.1. The molecule has 0 spiro atoms. The molecule has 1 amide bonds. The minimum absolute atomic E-state index is 0.0422. The number of aromatic amines is 1. The van der Waals surface area contributed by atoms with Gasteiger partial charge in [-0.3, -0.25) is 13.8 Å². The second-order valence-corrected chi connectivity index (χ2v) is 7.30. The standard InChI is InChI=1S/C20H20N6O3/c27-18(13-25-20(29)24-10-4-3-7-17(24)22-25)23-11-8-14(9-12-23)26-16-6-2-1-5-15(16)21-19(26)28/h1-7,10,14H,8-9,11-13H2,(H,21,28). The topological polar surface area (TPSA) is 97.4 Å². The number of hydrogen-bond donors (Lipinski definition) is 1. The van der Waals surface area contributed by atoms with E-state index in [9.17, 15) is 14.4 Å². The SMILES string of the molecule is O=C(Cn1nc2ccccn2c1=O)N1CCC(n2c(=O)[nH]c3ccccc32)CC1. The molecular weight excluding hydrogens is 372 g/mol. The Labute approximate surface area is 164 Å². The predicted octanol–water partition coefficient (Wildman–Crippen LogP) is 1.00. The van der Waals surface area contributed by atoms with Gasteiger partial charge in [-0.2, -0.15) is 0 Å². The van der Waals surface area contributed by atoms with Gasteiger partial charge in [0, 0.05) is 25.3 Å². The fraction of sp³-hybridized carbons (Fsp3) is 0.300. The van der Waals surface area contributed by atoms with Crippen LogP contribution in [0.1, 0.15) is 18.9 Å². The number of pyridine rings is 1. The average Bonchev–Trinajstić information content (AvgIpc) is 3.24. The molecule has 1 aliphatic rings. The summed E-state index contributed by atoms with van der Waals surface area (Å²) in [6.45, 7) is 0.993. The average molecular weight is 392 g/mol. The largest absolute Gasteiger partial charge is 0.350 e. The minimum atomic E-state index is -0.325. The fourth-order valence-electron chi connectivity index (χ4n) is 4.11. The molecule has 9 nitrogen and oxygen atoms in total. The Balaban J connectivity index is 1.30. The number of rotatable bonds is 3. The van der Waals surface area contributed by atoms with Crippen LogP contribution >= 0.6 is 0 Å². The number of fused-ring (bicyclic) bond motifs is 2. The van der Waals surface area contributed by atoms with E-state index in [0.717, 1.165) is 11.0 Å². The number of H-pyrrole nitrogens is 1. The van der Waals surface area contributed by atoms with Crippen LogP contribution in [0, 0.1) is 0 Å². The van der Waals surface area contributed by atoms with E-state index in [1.54, 1.807) is 33.9 Å². The van der Waals surface area contributed by atoms with Crippen molar-refractivity contribution in [3.05, 3.63) is 69.6 Å². The summed E-state index contributed by atoms with van der Waals surface area (Å²) in [5.41, 5.74) is 1.78. The van der Waals surface area contributed by atoms with Crippen molar-refractivity contribution in [3.63, 3.8) is 0 Å². The van der Waals surface area contributed by atoms with Gasteiger partial charge in [-0.15, -0.1) is 5.10 Å². The molecule has 0 unspecified atom stereocenters. The summed E-state index contributed by atoms with van der Waals surface area (Å²) >= 11 is 0. The van der Waals surface area contributed by atoms with Crippen LogP contribution < -0.4 is 11.4 Å². The van der Waals surface area contributed by atoms with Crippen molar-refractivity contribution in [1.82, 2.24) is 28.6 Å². The van der Waals surface area contributed by atoms with E-state index in [-0.39, 0.29) is 29.9 Å². The highest BCUT2D eigenvalue weighted by molar-refractivity contribution is 5.76. The summed E-state index contributed by atoms with van der Waals surface area (Å²) in [6, 6.07) is 12.9. The number of aromatic nitrogens is 5. The lowest BCUT2D eigenvalue weighted by atomic mass is 10.0. The second kappa shape index (κ2) is 6.77. The zero-order valence-electron chi connectivity index (χ0n) is 15.7. The number of amides is 1. The van der Waals surface area contributed by atoms with Crippen LogP contribution in [-0.4, -0.2) is 47.6 Å². The van der Waals surface area contributed by atoms with Gasteiger partial charge in [0.05, 0.1) is 11.0 Å². The Morgan fingerprint density at radius 2 is 1.83 bits per heavy atom. The van der Waals surface area contributed by atoms with E-state index in [1.165, 1.54) is 9.08 Å². The van der Waals surface area contributed by atoms with Crippen molar-refractivity contribution in [2.75, 3.05) is 13.1 Å². The Morgan fingerprint density at radius 1 is 1.07 bits per heavy atom. The van der Waals surface area contributed by atoms with Crippen molar-refractivity contribution in [3.8, 4) is 0 Å². The number of likely N-dealkylation sites (tertiary alicyclic amines) is 1. The van der Waals surface area contributed by atoms with Gasteiger partial charge in [-0.1, -0.05) is 18.2 Å². The van der Waals surface area contributed by atoms with Crippen LogP contribution in [0.5, 0.6) is 0 Å². The molecule has 148 valence electrons. The number of para-hydroxylation sites is 2. The second-order valence-electron chi connectivity index (χ2n) is 7.30. The minimum Gasteiger partial charge on any atom is -0.341 e. The summed E-state index contributed by atoms with van der Waals surface area (Å²) in [5.74, 6) is -0.139. The van der Waals surface area contributed by atoms with Crippen LogP contribution in [0.4, 0.5) is 0 Å². The van der Waals surface area contributed by atoms with E-state index in [2.05, 4.69) is 10.1 Å². The Morgan fingerprint density at radius 3 is 2.62 bits per heavy atom. The lowest BCUT2D eigenvalue weighted by Crippen LogP contribution is -2.43. The fourth-order valence-corrected chi connectivity index (χ4v) is 4.11. The first-order chi connectivity index (χ1) is 14.1. The first kappa shape index (κ1) is 17.5. The number of hydrogen-bond acceptors (Lipinski definition) is 4. The molecule has 9 heteroatoms. The monoisotopic (exact) mass is 392 g/mol.